The zero-order valence-electron chi connectivity index (χ0n) is 32.2. The minimum atomic E-state index is -1.95. The fourth-order valence-electron chi connectivity index (χ4n) is 7.91. The van der Waals surface area contributed by atoms with Crippen molar-refractivity contribution in [3.05, 3.63) is 182 Å². The Bertz CT molecular complexity index is 2290. The predicted molar refractivity (Wildman–Crippen MR) is 250 cm³/mol. The third-order valence-electron chi connectivity index (χ3n) is 10.4. The summed E-state index contributed by atoms with van der Waals surface area (Å²) in [6, 6.07) is 69.3. The van der Waals surface area contributed by atoms with E-state index in [-0.39, 0.29) is 0 Å². The minimum absolute atomic E-state index is 0.929. The van der Waals surface area contributed by atoms with Gasteiger partial charge in [0.15, 0.2) is 0 Å². The third-order valence-corrected chi connectivity index (χ3v) is 19.9. The van der Waals surface area contributed by atoms with E-state index in [0.29, 0.717) is 0 Å². The molecule has 0 atom stereocenters. The highest BCUT2D eigenvalue weighted by molar-refractivity contribution is 7.81. The third kappa shape index (κ3) is 6.98. The zero-order valence-corrected chi connectivity index (χ0v) is 36.0. The van der Waals surface area contributed by atoms with Crippen molar-refractivity contribution < 1.29 is 0 Å². The van der Waals surface area contributed by atoms with Crippen LogP contribution in [0, 0.1) is 0 Å². The van der Waals surface area contributed by atoms with Gasteiger partial charge in [0.05, 0.1) is 16.1 Å². The van der Waals surface area contributed by atoms with Crippen LogP contribution in [0.15, 0.2) is 182 Å². The Morgan fingerprint density at radius 3 is 0.852 bits per heavy atom. The van der Waals surface area contributed by atoms with Gasteiger partial charge in [-0.15, -0.1) is 0 Å². The molecule has 0 aromatic heterocycles. The average Bonchev–Trinajstić information content (AvgIpc) is 3.18. The Kier molecular flexibility index (Phi) is 10.2. The molecule has 54 heavy (non-hydrogen) atoms. The van der Waals surface area contributed by atoms with Crippen molar-refractivity contribution >= 4 is 95.7 Å². The molecule has 0 radical (unpaired) electrons. The molecule has 0 saturated heterocycles. The molecule has 0 aliphatic heterocycles. The molecule has 0 saturated carbocycles. The van der Waals surface area contributed by atoms with Crippen molar-refractivity contribution in [1.29, 1.82) is 0 Å². The smallest absolute Gasteiger partial charge is 0.0656 e. The van der Waals surface area contributed by atoms with Gasteiger partial charge in [-0.05, 0) is 80.3 Å². The van der Waals surface area contributed by atoms with Crippen LogP contribution in [0.2, 0.25) is 39.3 Å². The summed E-state index contributed by atoms with van der Waals surface area (Å²) in [6.07, 6.45) is 0. The molecule has 4 heteroatoms. The second-order valence-corrected chi connectivity index (χ2v) is 30.6. The maximum absolute atomic E-state index is 2.59. The Hall–Kier alpha value is -4.43. The molecule has 0 bridgehead atoms. The van der Waals surface area contributed by atoms with Crippen LogP contribution in [-0.2, 0) is 0 Å². The van der Waals surface area contributed by atoms with E-state index < -0.39 is 32.0 Å². The van der Waals surface area contributed by atoms with Crippen LogP contribution in [0.3, 0.4) is 0 Å². The van der Waals surface area contributed by atoms with Crippen molar-refractivity contribution in [2.75, 3.05) is 0 Å². The number of hydrogen-bond acceptors (Lipinski definition) is 0. The molecule has 0 unspecified atom stereocenters. The zero-order chi connectivity index (χ0) is 37.5. The standard InChI is InChI=1S/C50H48P2Si2/c1-53(2,3)45-35-37-23-19-21-33-43(37)47(49(45)51(39-25-11-7-12-26-39)40-27-13-8-14-28-40)48-44-34-22-20-24-38(44)36-46(54(4,5)6)50(48)52(41-29-15-9-16-30-41)42-31-17-10-18-32-42/h7-36H,1-6H3. The maximum atomic E-state index is 2.59. The van der Waals surface area contributed by atoms with E-state index in [1.807, 2.05) is 0 Å². The molecule has 0 N–H and O–H groups in total. The van der Waals surface area contributed by atoms with Crippen LogP contribution in [-0.4, -0.2) is 16.1 Å². The van der Waals surface area contributed by atoms with Gasteiger partial charge in [-0.1, -0.05) is 232 Å². The van der Waals surface area contributed by atoms with E-state index in [1.165, 1.54) is 64.5 Å². The van der Waals surface area contributed by atoms with E-state index >= 15 is 0 Å². The normalized spacial score (nSPS) is 12.2. The quantitative estimate of drug-likeness (QED) is 0.101. The Balaban J connectivity index is 1.67. The maximum Gasteiger partial charge on any atom is 0.0785 e. The molecule has 0 nitrogen and oxygen atoms in total. The summed E-state index contributed by atoms with van der Waals surface area (Å²) in [7, 11) is -5.75. The summed E-state index contributed by atoms with van der Waals surface area (Å²) in [5.41, 5.74) is 2.88. The molecule has 0 heterocycles. The first-order chi connectivity index (χ1) is 26.1. The summed E-state index contributed by atoms with van der Waals surface area (Å²) in [5.74, 6) is 0. The fraction of sp³-hybridized carbons (Fsp3) is 0.120. The van der Waals surface area contributed by atoms with Crippen molar-refractivity contribution in [1.82, 2.24) is 0 Å². The summed E-state index contributed by atoms with van der Waals surface area (Å²) < 4.78 is 0. The first kappa shape index (κ1) is 36.5. The first-order valence-electron chi connectivity index (χ1n) is 19.0. The van der Waals surface area contributed by atoms with Gasteiger partial charge in [0.25, 0.3) is 0 Å². The van der Waals surface area contributed by atoms with Gasteiger partial charge in [-0.2, -0.15) is 0 Å². The first-order valence-corrected chi connectivity index (χ1v) is 28.7. The van der Waals surface area contributed by atoms with Gasteiger partial charge in [-0.25, -0.2) is 0 Å². The molecule has 8 aromatic rings. The van der Waals surface area contributed by atoms with E-state index in [2.05, 4.69) is 221 Å². The lowest BCUT2D eigenvalue weighted by Crippen LogP contribution is -2.50. The van der Waals surface area contributed by atoms with Crippen LogP contribution in [0.4, 0.5) is 0 Å². The highest BCUT2D eigenvalue weighted by Crippen LogP contribution is 2.45. The summed E-state index contributed by atoms with van der Waals surface area (Å²) in [4.78, 5) is 0. The monoisotopic (exact) mass is 766 g/mol. The molecule has 0 aliphatic rings. The van der Waals surface area contributed by atoms with Gasteiger partial charge in [0.2, 0.25) is 0 Å². The van der Waals surface area contributed by atoms with Gasteiger partial charge in [0.1, 0.15) is 0 Å². The van der Waals surface area contributed by atoms with Crippen molar-refractivity contribution in [3.8, 4) is 11.1 Å². The SMILES string of the molecule is C[Si](C)(C)c1cc2ccccc2c(-c2c(P(c3ccccc3)c3ccccc3)c([Si](C)(C)C)cc3ccccc23)c1P(c1ccccc1)c1ccccc1. The molecule has 0 amide bonds. The molecule has 8 aromatic carbocycles. The lowest BCUT2D eigenvalue weighted by Gasteiger charge is -2.35. The van der Waals surface area contributed by atoms with Crippen LogP contribution in [0.1, 0.15) is 0 Å². The van der Waals surface area contributed by atoms with Crippen LogP contribution in [0.25, 0.3) is 32.7 Å². The number of rotatable bonds is 9. The number of fused-ring (bicyclic) bond motifs is 2. The highest BCUT2D eigenvalue weighted by Gasteiger charge is 2.36. The van der Waals surface area contributed by atoms with Crippen molar-refractivity contribution in [2.24, 2.45) is 0 Å². The van der Waals surface area contributed by atoms with Gasteiger partial charge in [-0.3, -0.25) is 0 Å². The molecule has 266 valence electrons. The number of hydrogen-bond donors (Lipinski definition) is 0. The second-order valence-electron chi connectivity index (χ2n) is 16.3. The Labute approximate surface area is 326 Å². The molecule has 8 rings (SSSR count). The molecule has 0 fully saturated rings. The minimum Gasteiger partial charge on any atom is -0.0656 e. The average molecular weight is 767 g/mol. The van der Waals surface area contributed by atoms with E-state index in [9.17, 15) is 0 Å². The molecule has 0 aliphatic carbocycles. The summed E-state index contributed by atoms with van der Waals surface area (Å²) in [6.45, 7) is 15.3. The van der Waals surface area contributed by atoms with E-state index in [0.717, 1.165) is 0 Å². The lowest BCUT2D eigenvalue weighted by molar-refractivity contribution is 1.69. The van der Waals surface area contributed by atoms with Gasteiger partial charge >= 0.3 is 0 Å². The van der Waals surface area contributed by atoms with E-state index in [4.69, 9.17) is 0 Å². The lowest BCUT2D eigenvalue weighted by atomic mass is 9.93. The molecular weight excluding hydrogens is 719 g/mol. The highest BCUT2D eigenvalue weighted by atomic mass is 31.1. The topological polar surface area (TPSA) is 0 Å². The van der Waals surface area contributed by atoms with Crippen molar-refractivity contribution in [3.63, 3.8) is 0 Å². The Morgan fingerprint density at radius 1 is 0.315 bits per heavy atom. The predicted octanol–water partition coefficient (Wildman–Crippen LogP) is 10.3. The van der Waals surface area contributed by atoms with Gasteiger partial charge in [0, 0.05) is 0 Å². The summed E-state index contributed by atoms with van der Waals surface area (Å²) in [5, 5.41) is 17.2. The number of benzene rings is 8. The summed E-state index contributed by atoms with van der Waals surface area (Å²) >= 11 is 0. The largest absolute Gasteiger partial charge is 0.0785 e. The molecule has 0 spiro atoms. The van der Waals surface area contributed by atoms with Crippen LogP contribution >= 0.6 is 15.8 Å². The van der Waals surface area contributed by atoms with Crippen LogP contribution in [0.5, 0.6) is 0 Å². The molecular formula is C50H48P2Si2. The Morgan fingerprint density at radius 2 is 0.574 bits per heavy atom. The van der Waals surface area contributed by atoms with E-state index in [1.54, 1.807) is 10.4 Å². The van der Waals surface area contributed by atoms with Crippen molar-refractivity contribution in [2.45, 2.75) is 39.3 Å². The van der Waals surface area contributed by atoms with Crippen LogP contribution < -0.4 is 42.2 Å². The second kappa shape index (κ2) is 15.0. The fourth-order valence-corrected chi connectivity index (χ4v) is 18.5. The van der Waals surface area contributed by atoms with Gasteiger partial charge < -0.3 is 0 Å².